The topological polar surface area (TPSA) is 26.0 Å². The van der Waals surface area contributed by atoms with Crippen molar-refractivity contribution in [1.29, 1.82) is 0 Å². The minimum atomic E-state index is -0.207. The number of hydrogen-bond donors (Lipinski definition) is 1. The molecule has 0 spiro atoms. The van der Waals surface area contributed by atoms with Crippen LogP contribution < -0.4 is 5.73 Å². The van der Waals surface area contributed by atoms with Crippen LogP contribution in [0, 0.1) is 11.7 Å². The quantitative estimate of drug-likeness (QED) is 0.870. The summed E-state index contributed by atoms with van der Waals surface area (Å²) in [5.41, 5.74) is 7.08. The van der Waals surface area contributed by atoms with Gasteiger partial charge >= 0.3 is 0 Å². The Kier molecular flexibility index (Phi) is 5.22. The molecule has 0 heterocycles. The van der Waals surface area contributed by atoms with Gasteiger partial charge in [-0.15, -0.1) is 12.4 Å². The third-order valence-corrected chi connectivity index (χ3v) is 3.95. The van der Waals surface area contributed by atoms with Gasteiger partial charge in [0.2, 0.25) is 0 Å². The standard InChI is InChI=1S/C12H15BrFN.ClH/c13-11-6-5-9(14)7-10(11)12(15)8-3-1-2-4-8;/h5-8,12H,1-4,15H2;1H/t12-;/m1./s1. The molecule has 1 nitrogen and oxygen atoms in total. The molecule has 0 unspecified atom stereocenters. The second kappa shape index (κ2) is 5.99. The van der Waals surface area contributed by atoms with Crippen LogP contribution in [0.4, 0.5) is 4.39 Å². The molecule has 1 atom stereocenters. The average Bonchev–Trinajstić information content (AvgIpc) is 2.74. The summed E-state index contributed by atoms with van der Waals surface area (Å²) < 4.78 is 14.0. The van der Waals surface area contributed by atoms with Gasteiger partial charge in [0.25, 0.3) is 0 Å². The molecule has 1 aromatic rings. The van der Waals surface area contributed by atoms with E-state index >= 15 is 0 Å². The van der Waals surface area contributed by atoms with Crippen LogP contribution in [0.15, 0.2) is 22.7 Å². The summed E-state index contributed by atoms with van der Waals surface area (Å²) in [7, 11) is 0. The molecule has 1 aliphatic rings. The molecule has 0 aliphatic heterocycles. The maximum absolute atomic E-state index is 13.1. The Morgan fingerprint density at radius 1 is 1.31 bits per heavy atom. The fourth-order valence-corrected chi connectivity index (χ4v) is 2.85. The average molecular weight is 309 g/mol. The maximum Gasteiger partial charge on any atom is 0.123 e. The number of rotatable bonds is 2. The van der Waals surface area contributed by atoms with E-state index in [1.807, 2.05) is 0 Å². The number of benzene rings is 1. The summed E-state index contributed by atoms with van der Waals surface area (Å²) in [6.07, 6.45) is 4.85. The molecule has 1 aromatic carbocycles. The Morgan fingerprint density at radius 3 is 2.56 bits per heavy atom. The van der Waals surface area contributed by atoms with E-state index in [2.05, 4.69) is 15.9 Å². The second-order valence-corrected chi connectivity index (χ2v) is 5.09. The number of nitrogens with two attached hydrogens (primary N) is 1. The summed E-state index contributed by atoms with van der Waals surface area (Å²) in [4.78, 5) is 0. The van der Waals surface area contributed by atoms with Crippen molar-refractivity contribution in [3.8, 4) is 0 Å². The lowest BCUT2D eigenvalue weighted by Gasteiger charge is -2.20. The molecule has 0 saturated heterocycles. The summed E-state index contributed by atoms with van der Waals surface area (Å²) in [5.74, 6) is 0.310. The van der Waals surface area contributed by atoms with Gasteiger partial charge in [0, 0.05) is 10.5 Å². The van der Waals surface area contributed by atoms with Crippen LogP contribution in [0.1, 0.15) is 37.3 Å². The molecule has 0 aromatic heterocycles. The largest absolute Gasteiger partial charge is 0.324 e. The first-order valence-corrected chi connectivity index (χ1v) is 6.18. The van der Waals surface area contributed by atoms with Gasteiger partial charge < -0.3 is 5.73 Å². The summed E-state index contributed by atoms with van der Waals surface area (Å²) in [6.45, 7) is 0. The Labute approximate surface area is 110 Å². The lowest BCUT2D eigenvalue weighted by molar-refractivity contribution is 0.442. The summed E-state index contributed by atoms with van der Waals surface area (Å²) in [5, 5.41) is 0. The maximum atomic E-state index is 13.1. The van der Waals surface area contributed by atoms with Gasteiger partial charge in [-0.2, -0.15) is 0 Å². The van der Waals surface area contributed by atoms with Crippen molar-refractivity contribution in [1.82, 2.24) is 0 Å². The fraction of sp³-hybridized carbons (Fsp3) is 0.500. The van der Waals surface area contributed by atoms with Gasteiger partial charge in [0.15, 0.2) is 0 Å². The van der Waals surface area contributed by atoms with E-state index in [4.69, 9.17) is 5.73 Å². The molecule has 1 aliphatic carbocycles. The highest BCUT2D eigenvalue weighted by Gasteiger charge is 2.24. The van der Waals surface area contributed by atoms with Crippen molar-refractivity contribution >= 4 is 28.3 Å². The SMILES string of the molecule is Cl.N[C@@H](c1cc(F)ccc1Br)C1CCCC1. The Hall–Kier alpha value is -0.120. The van der Waals surface area contributed by atoms with E-state index in [-0.39, 0.29) is 24.3 Å². The molecule has 1 fully saturated rings. The lowest BCUT2D eigenvalue weighted by atomic mass is 9.92. The second-order valence-electron chi connectivity index (χ2n) is 4.24. The Balaban J connectivity index is 0.00000128. The molecule has 1 saturated carbocycles. The van der Waals surface area contributed by atoms with Crippen molar-refractivity contribution < 1.29 is 4.39 Å². The van der Waals surface area contributed by atoms with Crippen LogP contribution in [0.25, 0.3) is 0 Å². The van der Waals surface area contributed by atoms with Gasteiger partial charge in [0.1, 0.15) is 5.82 Å². The van der Waals surface area contributed by atoms with Gasteiger partial charge in [-0.3, -0.25) is 0 Å². The molecule has 0 amide bonds. The van der Waals surface area contributed by atoms with E-state index in [1.54, 1.807) is 12.1 Å². The molecule has 90 valence electrons. The normalized spacial score (nSPS) is 18.2. The Bertz CT molecular complexity index is 353. The smallest absolute Gasteiger partial charge is 0.123 e. The number of halogens is 3. The minimum absolute atomic E-state index is 0. The minimum Gasteiger partial charge on any atom is -0.324 e. The van der Waals surface area contributed by atoms with Crippen LogP contribution in [-0.4, -0.2) is 0 Å². The van der Waals surface area contributed by atoms with Crippen LogP contribution >= 0.6 is 28.3 Å². The first kappa shape index (κ1) is 13.9. The van der Waals surface area contributed by atoms with Gasteiger partial charge in [-0.25, -0.2) is 4.39 Å². The van der Waals surface area contributed by atoms with Crippen LogP contribution in [-0.2, 0) is 0 Å². The van der Waals surface area contributed by atoms with Crippen LogP contribution in [0.2, 0.25) is 0 Å². The van der Waals surface area contributed by atoms with Crippen molar-refractivity contribution in [3.63, 3.8) is 0 Å². The molecule has 16 heavy (non-hydrogen) atoms. The highest BCUT2D eigenvalue weighted by molar-refractivity contribution is 9.10. The molecule has 0 radical (unpaired) electrons. The lowest BCUT2D eigenvalue weighted by Crippen LogP contribution is -2.19. The third-order valence-electron chi connectivity index (χ3n) is 3.22. The van der Waals surface area contributed by atoms with E-state index in [9.17, 15) is 4.39 Å². The zero-order valence-electron chi connectivity index (χ0n) is 8.96. The van der Waals surface area contributed by atoms with Gasteiger partial charge in [-0.05, 0) is 42.5 Å². The third kappa shape index (κ3) is 2.96. The molecule has 2 rings (SSSR count). The van der Waals surface area contributed by atoms with Gasteiger partial charge in [-0.1, -0.05) is 28.8 Å². The van der Waals surface area contributed by atoms with Crippen molar-refractivity contribution in [2.45, 2.75) is 31.7 Å². The van der Waals surface area contributed by atoms with E-state index in [1.165, 1.54) is 31.7 Å². The molecular formula is C12H16BrClFN. The zero-order valence-corrected chi connectivity index (χ0v) is 11.4. The highest BCUT2D eigenvalue weighted by Crippen LogP contribution is 2.36. The van der Waals surface area contributed by atoms with Crippen molar-refractivity contribution in [2.75, 3.05) is 0 Å². The van der Waals surface area contributed by atoms with Crippen molar-refractivity contribution in [3.05, 3.63) is 34.1 Å². The van der Waals surface area contributed by atoms with Crippen LogP contribution in [0.3, 0.4) is 0 Å². The molecule has 0 bridgehead atoms. The van der Waals surface area contributed by atoms with Crippen molar-refractivity contribution in [2.24, 2.45) is 11.7 Å². The predicted octanol–water partition coefficient (Wildman–Crippen LogP) is 4.20. The highest BCUT2D eigenvalue weighted by atomic mass is 79.9. The first-order chi connectivity index (χ1) is 7.18. The molecular weight excluding hydrogens is 292 g/mol. The molecule has 4 heteroatoms. The Morgan fingerprint density at radius 2 is 1.94 bits per heavy atom. The van der Waals surface area contributed by atoms with E-state index < -0.39 is 0 Å². The van der Waals surface area contributed by atoms with E-state index in [0.717, 1.165) is 10.0 Å². The summed E-state index contributed by atoms with van der Waals surface area (Å²) >= 11 is 3.43. The van der Waals surface area contributed by atoms with E-state index in [0.29, 0.717) is 5.92 Å². The molecule has 2 N–H and O–H groups in total. The fourth-order valence-electron chi connectivity index (χ4n) is 2.34. The number of hydrogen-bond acceptors (Lipinski definition) is 1. The zero-order chi connectivity index (χ0) is 10.8. The predicted molar refractivity (Wildman–Crippen MR) is 70.2 cm³/mol. The monoisotopic (exact) mass is 307 g/mol. The first-order valence-electron chi connectivity index (χ1n) is 5.39. The van der Waals surface area contributed by atoms with Crippen LogP contribution in [0.5, 0.6) is 0 Å². The van der Waals surface area contributed by atoms with Gasteiger partial charge in [0.05, 0.1) is 0 Å². The summed E-state index contributed by atoms with van der Waals surface area (Å²) in [6, 6.07) is 4.71.